The van der Waals surface area contributed by atoms with Crippen LogP contribution in [0.15, 0.2) is 65.8 Å². The number of hydrogen-bond donors (Lipinski definition) is 2. The van der Waals surface area contributed by atoms with E-state index in [1.54, 1.807) is 6.21 Å². The Balaban J connectivity index is 1.46. The molecule has 0 unspecified atom stereocenters. The maximum absolute atomic E-state index is 12.0. The number of hydrazone groups is 1. The molecule has 0 fully saturated rings. The number of aryl methyl sites for hydroxylation is 2. The number of nitrogens with zero attached hydrogens (tertiary/aromatic N) is 1. The molecule has 0 aliphatic rings. The van der Waals surface area contributed by atoms with Gasteiger partial charge in [-0.25, -0.2) is 5.43 Å². The van der Waals surface area contributed by atoms with Crippen molar-refractivity contribution in [3.05, 3.63) is 77.4 Å². The molecule has 0 bridgehead atoms. The number of anilines is 1. The van der Waals surface area contributed by atoms with Crippen molar-refractivity contribution in [3.63, 3.8) is 0 Å². The zero-order valence-corrected chi connectivity index (χ0v) is 16.0. The number of nitrogens with one attached hydrogen (secondary N) is 2. The molecule has 2 amide bonds. The molecule has 142 valence electrons. The topological polar surface area (TPSA) is 70.6 Å². The lowest BCUT2D eigenvalue weighted by molar-refractivity contribution is -0.124. The minimum atomic E-state index is -0.299. The number of carbonyl (C=O) groups is 2. The van der Waals surface area contributed by atoms with Gasteiger partial charge in [0.15, 0.2) is 0 Å². The van der Waals surface area contributed by atoms with E-state index in [-0.39, 0.29) is 24.7 Å². The van der Waals surface area contributed by atoms with Crippen LogP contribution in [0.2, 0.25) is 0 Å². The molecule has 0 saturated heterocycles. The summed E-state index contributed by atoms with van der Waals surface area (Å²) in [6.07, 6.45) is 1.77. The number of rotatable bonds is 6. The summed E-state index contributed by atoms with van der Waals surface area (Å²) >= 11 is 0. The first-order valence-corrected chi connectivity index (χ1v) is 9.19. The Morgan fingerprint density at radius 2 is 1.61 bits per heavy atom. The normalized spacial score (nSPS) is 10.9. The van der Waals surface area contributed by atoms with Gasteiger partial charge in [0.2, 0.25) is 11.8 Å². The van der Waals surface area contributed by atoms with E-state index < -0.39 is 0 Å². The summed E-state index contributed by atoms with van der Waals surface area (Å²) in [6, 6.07) is 19.7. The molecule has 0 radical (unpaired) electrons. The van der Waals surface area contributed by atoms with Crippen molar-refractivity contribution in [1.82, 2.24) is 5.43 Å². The van der Waals surface area contributed by atoms with Crippen LogP contribution in [0.25, 0.3) is 10.8 Å². The number of hydrogen-bond acceptors (Lipinski definition) is 3. The molecule has 0 saturated carbocycles. The van der Waals surface area contributed by atoms with Gasteiger partial charge < -0.3 is 5.32 Å². The molecule has 5 heteroatoms. The van der Waals surface area contributed by atoms with Crippen molar-refractivity contribution in [2.45, 2.75) is 26.7 Å². The summed E-state index contributed by atoms with van der Waals surface area (Å²) < 4.78 is 0. The first kappa shape index (κ1) is 19.3. The van der Waals surface area contributed by atoms with Gasteiger partial charge in [-0.3, -0.25) is 9.59 Å². The average Bonchev–Trinajstić information content (AvgIpc) is 2.69. The summed E-state index contributed by atoms with van der Waals surface area (Å²) in [5.41, 5.74) is 6.38. The number of carbonyl (C=O) groups excluding carboxylic acids is 2. The highest BCUT2D eigenvalue weighted by atomic mass is 16.2. The highest BCUT2D eigenvalue weighted by Gasteiger charge is 2.07. The molecule has 3 rings (SSSR count). The summed E-state index contributed by atoms with van der Waals surface area (Å²) in [6.45, 7) is 4.01. The molecule has 3 aromatic carbocycles. The van der Waals surface area contributed by atoms with Gasteiger partial charge in [0.05, 0.1) is 6.21 Å². The van der Waals surface area contributed by atoms with Crippen molar-refractivity contribution >= 4 is 34.5 Å². The molecule has 0 spiro atoms. The fraction of sp³-hybridized carbons (Fsp3) is 0.174. The molecular weight excluding hydrogens is 350 g/mol. The Morgan fingerprint density at radius 1 is 0.857 bits per heavy atom. The smallest absolute Gasteiger partial charge is 0.240 e. The van der Waals surface area contributed by atoms with Crippen LogP contribution in [0.5, 0.6) is 0 Å². The van der Waals surface area contributed by atoms with Gasteiger partial charge in [0.1, 0.15) is 0 Å². The molecule has 3 aromatic rings. The van der Waals surface area contributed by atoms with Crippen LogP contribution < -0.4 is 10.7 Å². The molecule has 2 N–H and O–H groups in total. The van der Waals surface area contributed by atoms with Crippen LogP contribution in [0.4, 0.5) is 5.69 Å². The third-order valence-electron chi connectivity index (χ3n) is 4.55. The van der Waals surface area contributed by atoms with Crippen molar-refractivity contribution < 1.29 is 9.59 Å². The van der Waals surface area contributed by atoms with E-state index in [9.17, 15) is 9.59 Å². The van der Waals surface area contributed by atoms with E-state index in [0.717, 1.165) is 27.6 Å². The molecule has 0 heterocycles. The Labute approximate surface area is 164 Å². The lowest BCUT2D eigenvalue weighted by atomic mass is 10.1. The monoisotopic (exact) mass is 373 g/mol. The van der Waals surface area contributed by atoms with E-state index in [1.807, 2.05) is 74.5 Å². The van der Waals surface area contributed by atoms with Crippen LogP contribution in [0, 0.1) is 13.8 Å². The zero-order chi connectivity index (χ0) is 19.9. The summed E-state index contributed by atoms with van der Waals surface area (Å²) in [7, 11) is 0. The van der Waals surface area contributed by atoms with Crippen molar-refractivity contribution in [2.24, 2.45) is 5.10 Å². The minimum Gasteiger partial charge on any atom is -0.326 e. The zero-order valence-electron chi connectivity index (χ0n) is 16.0. The largest absolute Gasteiger partial charge is 0.326 e. The van der Waals surface area contributed by atoms with E-state index in [4.69, 9.17) is 0 Å². The molecule has 0 aliphatic heterocycles. The van der Waals surface area contributed by atoms with Gasteiger partial charge in [-0.05, 0) is 59.5 Å². The molecule has 5 nitrogen and oxygen atoms in total. The number of amides is 2. The van der Waals surface area contributed by atoms with Gasteiger partial charge in [0, 0.05) is 18.5 Å². The molecule has 0 aliphatic carbocycles. The predicted octanol–water partition coefficient (Wildman–Crippen LogP) is 4.33. The average molecular weight is 373 g/mol. The second-order valence-corrected chi connectivity index (χ2v) is 6.75. The highest BCUT2D eigenvalue weighted by molar-refractivity contribution is 5.94. The second kappa shape index (κ2) is 8.95. The standard InChI is InChI=1S/C23H23N3O2/c1-16-7-10-21(13-17(16)2)25-22(27)11-12-23(28)26-24-15-18-8-9-19-5-3-4-6-20(19)14-18/h3-10,13-15H,11-12H2,1-2H3,(H,25,27)(H,26,28). The van der Waals surface area contributed by atoms with Gasteiger partial charge >= 0.3 is 0 Å². The predicted molar refractivity (Wildman–Crippen MR) is 113 cm³/mol. The quantitative estimate of drug-likeness (QED) is 0.499. The summed E-state index contributed by atoms with van der Waals surface area (Å²) in [5, 5.41) is 9.05. The fourth-order valence-electron chi connectivity index (χ4n) is 2.79. The lowest BCUT2D eigenvalue weighted by Gasteiger charge is -2.07. The summed E-state index contributed by atoms with van der Waals surface area (Å²) in [5.74, 6) is -0.496. The van der Waals surface area contributed by atoms with Crippen molar-refractivity contribution in [2.75, 3.05) is 5.32 Å². The van der Waals surface area contributed by atoms with Gasteiger partial charge in [-0.2, -0.15) is 5.10 Å². The van der Waals surface area contributed by atoms with E-state index in [0.29, 0.717) is 0 Å². The Morgan fingerprint density at radius 3 is 2.39 bits per heavy atom. The van der Waals surface area contributed by atoms with Crippen LogP contribution in [-0.4, -0.2) is 18.0 Å². The number of fused-ring (bicyclic) bond motifs is 1. The van der Waals surface area contributed by atoms with E-state index in [1.165, 1.54) is 5.56 Å². The minimum absolute atomic E-state index is 0.0751. The molecule has 0 atom stereocenters. The maximum atomic E-state index is 12.0. The van der Waals surface area contributed by atoms with Gasteiger partial charge in [0.25, 0.3) is 0 Å². The molecule has 0 aromatic heterocycles. The van der Waals surface area contributed by atoms with E-state index in [2.05, 4.69) is 15.8 Å². The van der Waals surface area contributed by atoms with Crippen LogP contribution in [0.1, 0.15) is 29.5 Å². The molecular formula is C23H23N3O2. The maximum Gasteiger partial charge on any atom is 0.240 e. The third-order valence-corrected chi connectivity index (χ3v) is 4.55. The van der Waals surface area contributed by atoms with Crippen LogP contribution >= 0.6 is 0 Å². The van der Waals surface area contributed by atoms with Crippen molar-refractivity contribution in [3.8, 4) is 0 Å². The van der Waals surface area contributed by atoms with Crippen LogP contribution in [0.3, 0.4) is 0 Å². The highest BCUT2D eigenvalue weighted by Crippen LogP contribution is 2.15. The Bertz CT molecular complexity index is 1040. The Kier molecular flexibility index (Phi) is 6.17. The van der Waals surface area contributed by atoms with Gasteiger partial charge in [-0.15, -0.1) is 0 Å². The molecule has 28 heavy (non-hydrogen) atoms. The fourth-order valence-corrected chi connectivity index (χ4v) is 2.79. The van der Waals surface area contributed by atoms with Crippen LogP contribution in [-0.2, 0) is 9.59 Å². The Hall–Kier alpha value is -3.47. The first-order chi connectivity index (χ1) is 13.5. The SMILES string of the molecule is Cc1ccc(NC(=O)CCC(=O)NN=Cc2ccc3ccccc3c2)cc1C. The number of benzene rings is 3. The lowest BCUT2D eigenvalue weighted by Crippen LogP contribution is -2.20. The first-order valence-electron chi connectivity index (χ1n) is 9.19. The van der Waals surface area contributed by atoms with Crippen molar-refractivity contribution in [1.29, 1.82) is 0 Å². The summed E-state index contributed by atoms with van der Waals surface area (Å²) in [4.78, 5) is 23.9. The second-order valence-electron chi connectivity index (χ2n) is 6.75. The van der Waals surface area contributed by atoms with E-state index >= 15 is 0 Å². The van der Waals surface area contributed by atoms with Gasteiger partial charge in [-0.1, -0.05) is 42.5 Å². The third kappa shape index (κ3) is 5.27.